The standard InChI is InChI=1S/C23H28N4O3/c1-15(2)12-21(23(29)30-5)26(4)22(28)18-8-6-17(7-9-18)14-27-16(3)25-19-13-24-11-10-20(19)27/h6-11,13,15,21H,12,14H2,1-5H3/t21-/m0/s1. The van der Waals surface area contributed by atoms with Crippen LogP contribution >= 0.6 is 0 Å². The van der Waals surface area contributed by atoms with Crippen molar-refractivity contribution < 1.29 is 14.3 Å². The Hall–Kier alpha value is -3.22. The van der Waals surface area contributed by atoms with E-state index < -0.39 is 12.0 Å². The van der Waals surface area contributed by atoms with Crippen molar-refractivity contribution in [2.75, 3.05) is 14.2 Å². The van der Waals surface area contributed by atoms with Crippen LogP contribution in [-0.2, 0) is 16.1 Å². The first-order valence-electron chi connectivity index (χ1n) is 10.0. The number of hydrogen-bond donors (Lipinski definition) is 0. The number of esters is 1. The molecule has 2 aromatic heterocycles. The second kappa shape index (κ2) is 9.07. The maximum atomic E-state index is 12.9. The summed E-state index contributed by atoms with van der Waals surface area (Å²) in [5, 5.41) is 0. The first kappa shape index (κ1) is 21.5. The highest BCUT2D eigenvalue weighted by molar-refractivity contribution is 5.96. The molecule has 7 heteroatoms. The summed E-state index contributed by atoms with van der Waals surface area (Å²) in [6, 6.07) is 8.81. The number of aromatic nitrogens is 3. The predicted octanol–water partition coefficient (Wildman–Crippen LogP) is 3.45. The Morgan fingerprint density at radius 1 is 1.17 bits per heavy atom. The lowest BCUT2D eigenvalue weighted by Gasteiger charge is -2.27. The molecular formula is C23H28N4O3. The largest absolute Gasteiger partial charge is 0.467 e. The number of rotatable bonds is 7. The van der Waals surface area contributed by atoms with Crippen LogP contribution in [0.5, 0.6) is 0 Å². The van der Waals surface area contributed by atoms with Crippen molar-refractivity contribution >= 4 is 22.9 Å². The van der Waals surface area contributed by atoms with E-state index in [4.69, 9.17) is 4.74 Å². The molecule has 0 saturated heterocycles. The van der Waals surface area contributed by atoms with E-state index in [9.17, 15) is 9.59 Å². The average Bonchev–Trinajstić information content (AvgIpc) is 3.06. The van der Waals surface area contributed by atoms with Gasteiger partial charge >= 0.3 is 5.97 Å². The van der Waals surface area contributed by atoms with Crippen LogP contribution in [0, 0.1) is 12.8 Å². The molecule has 1 amide bonds. The Bertz CT molecular complexity index is 1040. The summed E-state index contributed by atoms with van der Waals surface area (Å²) in [4.78, 5) is 35.2. The molecule has 0 N–H and O–H groups in total. The van der Waals surface area contributed by atoms with Gasteiger partial charge in [-0.1, -0.05) is 26.0 Å². The number of nitrogens with zero attached hydrogens (tertiary/aromatic N) is 4. The summed E-state index contributed by atoms with van der Waals surface area (Å²) in [6.45, 7) is 6.64. The number of imidazole rings is 1. The van der Waals surface area contributed by atoms with Crippen molar-refractivity contribution in [3.63, 3.8) is 0 Å². The lowest BCUT2D eigenvalue weighted by atomic mass is 10.0. The van der Waals surface area contributed by atoms with E-state index in [-0.39, 0.29) is 11.8 Å². The number of benzene rings is 1. The van der Waals surface area contributed by atoms with Gasteiger partial charge in [0.1, 0.15) is 17.4 Å². The SMILES string of the molecule is COC(=O)[C@H](CC(C)C)N(C)C(=O)c1ccc(Cn2c(C)nc3cnccc32)cc1. The Morgan fingerprint density at radius 3 is 2.50 bits per heavy atom. The number of amides is 1. The highest BCUT2D eigenvalue weighted by Crippen LogP contribution is 2.18. The summed E-state index contributed by atoms with van der Waals surface area (Å²) in [7, 11) is 3.00. The highest BCUT2D eigenvalue weighted by Gasteiger charge is 2.29. The Labute approximate surface area is 176 Å². The number of aryl methyl sites for hydroxylation is 1. The third-order valence-corrected chi connectivity index (χ3v) is 5.24. The summed E-state index contributed by atoms with van der Waals surface area (Å²) in [6.07, 6.45) is 4.06. The van der Waals surface area contributed by atoms with E-state index in [1.165, 1.54) is 12.0 Å². The van der Waals surface area contributed by atoms with Gasteiger partial charge < -0.3 is 14.2 Å². The molecule has 30 heavy (non-hydrogen) atoms. The molecule has 0 aliphatic rings. The minimum Gasteiger partial charge on any atom is -0.467 e. The Kier molecular flexibility index (Phi) is 6.50. The van der Waals surface area contributed by atoms with Crippen molar-refractivity contribution in [3.05, 3.63) is 59.7 Å². The molecule has 7 nitrogen and oxygen atoms in total. The van der Waals surface area contributed by atoms with Crippen LogP contribution in [0.15, 0.2) is 42.7 Å². The average molecular weight is 409 g/mol. The van der Waals surface area contributed by atoms with Gasteiger partial charge in [0.2, 0.25) is 0 Å². The third-order valence-electron chi connectivity index (χ3n) is 5.24. The lowest BCUT2D eigenvalue weighted by Crippen LogP contribution is -2.43. The highest BCUT2D eigenvalue weighted by atomic mass is 16.5. The fourth-order valence-electron chi connectivity index (χ4n) is 3.58. The van der Waals surface area contributed by atoms with Gasteiger partial charge in [0.25, 0.3) is 5.91 Å². The first-order chi connectivity index (χ1) is 14.3. The number of pyridine rings is 1. The zero-order chi connectivity index (χ0) is 21.8. The molecule has 0 radical (unpaired) electrons. The van der Waals surface area contributed by atoms with Crippen molar-refractivity contribution in [1.29, 1.82) is 0 Å². The van der Waals surface area contributed by atoms with Gasteiger partial charge in [-0.25, -0.2) is 9.78 Å². The normalized spacial score (nSPS) is 12.2. The van der Waals surface area contributed by atoms with E-state index in [0.717, 1.165) is 22.4 Å². The van der Waals surface area contributed by atoms with Crippen LogP contribution in [-0.4, -0.2) is 51.5 Å². The first-order valence-corrected chi connectivity index (χ1v) is 10.0. The van der Waals surface area contributed by atoms with Gasteiger partial charge in [0, 0.05) is 25.4 Å². The van der Waals surface area contributed by atoms with E-state index in [0.29, 0.717) is 18.5 Å². The number of hydrogen-bond acceptors (Lipinski definition) is 5. The number of likely N-dealkylation sites (N-methyl/N-ethyl adjacent to an activating group) is 1. The maximum Gasteiger partial charge on any atom is 0.328 e. The summed E-state index contributed by atoms with van der Waals surface area (Å²) >= 11 is 0. The molecule has 1 aromatic carbocycles. The van der Waals surface area contributed by atoms with E-state index in [1.54, 1.807) is 31.6 Å². The van der Waals surface area contributed by atoms with Crippen molar-refractivity contribution in [2.45, 2.75) is 39.8 Å². The second-order valence-corrected chi connectivity index (χ2v) is 7.89. The topological polar surface area (TPSA) is 77.3 Å². The summed E-state index contributed by atoms with van der Waals surface area (Å²) < 4.78 is 7.02. The molecule has 0 spiro atoms. The molecule has 0 saturated carbocycles. The van der Waals surface area contributed by atoms with Crippen LogP contribution in [0.1, 0.15) is 42.0 Å². The molecule has 1 atom stereocenters. The number of carbonyl (C=O) groups excluding carboxylic acids is 2. The molecule has 0 aliphatic carbocycles. The van der Waals surface area contributed by atoms with Crippen LogP contribution in [0.3, 0.4) is 0 Å². The smallest absolute Gasteiger partial charge is 0.328 e. The van der Waals surface area contributed by atoms with Crippen LogP contribution < -0.4 is 0 Å². The Morgan fingerprint density at radius 2 is 1.87 bits per heavy atom. The molecule has 158 valence electrons. The zero-order valence-corrected chi connectivity index (χ0v) is 18.1. The summed E-state index contributed by atoms with van der Waals surface area (Å²) in [5.41, 5.74) is 3.48. The van der Waals surface area contributed by atoms with E-state index in [1.807, 2.05) is 39.0 Å². The molecule has 0 bridgehead atoms. The van der Waals surface area contributed by atoms with Crippen LogP contribution in [0.25, 0.3) is 11.0 Å². The summed E-state index contributed by atoms with van der Waals surface area (Å²) in [5.74, 6) is 0.573. The molecule has 3 aromatic rings. The van der Waals surface area contributed by atoms with Crippen molar-refractivity contribution in [2.24, 2.45) is 5.92 Å². The third kappa shape index (κ3) is 4.50. The predicted molar refractivity (Wildman–Crippen MR) is 115 cm³/mol. The van der Waals surface area contributed by atoms with E-state index >= 15 is 0 Å². The van der Waals surface area contributed by atoms with Gasteiger partial charge in [0.15, 0.2) is 0 Å². The zero-order valence-electron chi connectivity index (χ0n) is 18.1. The van der Waals surface area contributed by atoms with Gasteiger partial charge in [-0.2, -0.15) is 0 Å². The molecule has 3 rings (SSSR count). The molecule has 0 aliphatic heterocycles. The minimum absolute atomic E-state index is 0.201. The number of methoxy groups -OCH3 is 1. The van der Waals surface area contributed by atoms with Gasteiger partial charge in [-0.05, 0) is 43.0 Å². The lowest BCUT2D eigenvalue weighted by molar-refractivity contribution is -0.146. The van der Waals surface area contributed by atoms with Crippen molar-refractivity contribution in [3.8, 4) is 0 Å². The number of ether oxygens (including phenoxy) is 1. The second-order valence-electron chi connectivity index (χ2n) is 7.89. The maximum absolute atomic E-state index is 12.9. The van der Waals surface area contributed by atoms with Crippen LogP contribution in [0.4, 0.5) is 0 Å². The van der Waals surface area contributed by atoms with Gasteiger partial charge in [0.05, 0.1) is 18.8 Å². The fraction of sp³-hybridized carbons (Fsp3) is 0.391. The number of fused-ring (bicyclic) bond motifs is 1. The molecule has 0 unspecified atom stereocenters. The molecular weight excluding hydrogens is 380 g/mol. The van der Waals surface area contributed by atoms with Crippen molar-refractivity contribution in [1.82, 2.24) is 19.4 Å². The molecule has 2 heterocycles. The minimum atomic E-state index is -0.601. The molecule has 0 fully saturated rings. The van der Waals surface area contributed by atoms with Gasteiger partial charge in [-0.3, -0.25) is 9.78 Å². The number of carbonyl (C=O) groups is 2. The Balaban J connectivity index is 1.78. The quantitative estimate of drug-likeness (QED) is 0.560. The monoisotopic (exact) mass is 408 g/mol. The van der Waals surface area contributed by atoms with Crippen LogP contribution in [0.2, 0.25) is 0 Å². The fourth-order valence-corrected chi connectivity index (χ4v) is 3.58. The van der Waals surface area contributed by atoms with E-state index in [2.05, 4.69) is 14.5 Å². The van der Waals surface area contributed by atoms with Gasteiger partial charge in [-0.15, -0.1) is 0 Å².